The van der Waals surface area contributed by atoms with Crippen molar-refractivity contribution in [3.63, 3.8) is 0 Å². The van der Waals surface area contributed by atoms with Gasteiger partial charge >= 0.3 is 0 Å². The molecule has 1 aromatic rings. The lowest BCUT2D eigenvalue weighted by Gasteiger charge is -1.91. The highest BCUT2D eigenvalue weighted by atomic mass is 32.2. The van der Waals surface area contributed by atoms with E-state index < -0.39 is 10.1 Å². The van der Waals surface area contributed by atoms with Crippen LogP contribution in [0.4, 0.5) is 0 Å². The molecule has 0 aromatic carbocycles. The molecule has 0 fully saturated rings. The molecule has 0 aliphatic rings. The molecule has 0 radical (unpaired) electrons. The summed E-state index contributed by atoms with van der Waals surface area (Å²) in [6.07, 6.45) is 0.978. The van der Waals surface area contributed by atoms with Crippen molar-refractivity contribution in [2.24, 2.45) is 0 Å². The highest BCUT2D eigenvalue weighted by Crippen LogP contribution is 2.03. The van der Waals surface area contributed by atoms with E-state index in [1.54, 1.807) is 19.1 Å². The van der Waals surface area contributed by atoms with Crippen LogP contribution in [0.5, 0.6) is 0 Å². The average molecular weight is 214 g/mol. The molecule has 5 heteroatoms. The Bertz CT molecular complexity index is 458. The minimum Gasteiger partial charge on any atom is -0.453 e. The van der Waals surface area contributed by atoms with Gasteiger partial charge in [-0.15, -0.1) is 0 Å². The van der Waals surface area contributed by atoms with Crippen LogP contribution in [0.3, 0.4) is 0 Å². The molecule has 0 spiro atoms. The van der Waals surface area contributed by atoms with Gasteiger partial charge in [0.2, 0.25) is 0 Å². The van der Waals surface area contributed by atoms with Gasteiger partial charge in [-0.3, -0.25) is 4.18 Å². The molecule has 0 atom stereocenters. The number of furan rings is 1. The third-order valence-corrected chi connectivity index (χ3v) is 1.84. The van der Waals surface area contributed by atoms with Crippen molar-refractivity contribution in [3.05, 3.63) is 23.7 Å². The van der Waals surface area contributed by atoms with Crippen molar-refractivity contribution in [2.75, 3.05) is 12.9 Å². The molecule has 0 saturated carbocycles. The van der Waals surface area contributed by atoms with E-state index in [4.69, 9.17) is 4.42 Å². The van der Waals surface area contributed by atoms with E-state index in [2.05, 4.69) is 16.0 Å². The largest absolute Gasteiger partial charge is 0.453 e. The summed E-state index contributed by atoms with van der Waals surface area (Å²) in [6, 6.07) is 3.49. The highest BCUT2D eigenvalue weighted by Gasteiger charge is 1.97. The molecule has 0 aliphatic carbocycles. The Kier molecular flexibility index (Phi) is 3.33. The maximum atomic E-state index is 10.5. The summed E-state index contributed by atoms with van der Waals surface area (Å²) in [4.78, 5) is 0. The van der Waals surface area contributed by atoms with Crippen molar-refractivity contribution < 1.29 is 17.0 Å². The molecular weight excluding hydrogens is 204 g/mol. The molecule has 1 heterocycles. The molecule has 0 unspecified atom stereocenters. The molecule has 76 valence electrons. The van der Waals surface area contributed by atoms with Gasteiger partial charge in [-0.25, -0.2) is 0 Å². The fourth-order valence-corrected chi connectivity index (χ4v) is 1.03. The van der Waals surface area contributed by atoms with Crippen molar-refractivity contribution in [1.82, 2.24) is 0 Å². The fraction of sp³-hybridized carbons (Fsp3) is 0.333. The Morgan fingerprint density at radius 1 is 1.50 bits per heavy atom. The molecule has 0 bridgehead atoms. The summed E-state index contributed by atoms with van der Waals surface area (Å²) in [5.41, 5.74) is 0. The topological polar surface area (TPSA) is 56.5 Å². The lowest BCUT2D eigenvalue weighted by molar-refractivity contribution is 0.367. The Balaban J connectivity index is 2.50. The molecule has 4 nitrogen and oxygen atoms in total. The fourth-order valence-electron chi connectivity index (χ4n) is 0.761. The standard InChI is InChI=1S/C9H10O4S/c1-8-5-6-9(13-8)4-3-7-12-14(2,10)11/h5-6H,7H2,1-2H3. The smallest absolute Gasteiger partial charge is 0.265 e. The van der Waals surface area contributed by atoms with Crippen LogP contribution in [0.15, 0.2) is 16.5 Å². The summed E-state index contributed by atoms with van der Waals surface area (Å²) < 4.78 is 30.6. The van der Waals surface area contributed by atoms with Crippen molar-refractivity contribution in [1.29, 1.82) is 0 Å². The molecular formula is C9H10O4S. The molecule has 0 N–H and O–H groups in total. The predicted octanol–water partition coefficient (Wildman–Crippen LogP) is 0.916. The molecule has 14 heavy (non-hydrogen) atoms. The first-order chi connectivity index (χ1) is 6.47. The number of aryl methyl sites for hydroxylation is 1. The molecule has 1 rings (SSSR count). The summed E-state index contributed by atoms with van der Waals surface area (Å²) in [5.74, 6) is 6.42. The maximum absolute atomic E-state index is 10.5. The van der Waals surface area contributed by atoms with E-state index in [1.165, 1.54) is 0 Å². The van der Waals surface area contributed by atoms with Crippen molar-refractivity contribution in [2.45, 2.75) is 6.92 Å². The van der Waals surface area contributed by atoms with Crippen molar-refractivity contribution in [3.8, 4) is 11.8 Å². The van der Waals surface area contributed by atoms with E-state index >= 15 is 0 Å². The first-order valence-electron chi connectivity index (χ1n) is 3.87. The Hall–Kier alpha value is -1.25. The molecule has 0 saturated heterocycles. The highest BCUT2D eigenvalue weighted by molar-refractivity contribution is 7.85. The van der Waals surface area contributed by atoms with E-state index in [1.807, 2.05) is 0 Å². The van der Waals surface area contributed by atoms with Crippen molar-refractivity contribution >= 4 is 10.1 Å². The second-order valence-corrected chi connectivity index (χ2v) is 4.32. The normalized spacial score (nSPS) is 10.7. The summed E-state index contributed by atoms with van der Waals surface area (Å²) in [7, 11) is -3.41. The monoisotopic (exact) mass is 214 g/mol. The van der Waals surface area contributed by atoms with E-state index in [0.717, 1.165) is 12.0 Å². The zero-order chi connectivity index (χ0) is 10.6. The first kappa shape index (κ1) is 10.8. The summed E-state index contributed by atoms with van der Waals surface area (Å²) in [6.45, 7) is 1.65. The van der Waals surface area contributed by atoms with Crippen LogP contribution < -0.4 is 0 Å². The van der Waals surface area contributed by atoms with Gasteiger partial charge in [-0.2, -0.15) is 8.42 Å². The van der Waals surface area contributed by atoms with Crippen LogP contribution in [0.2, 0.25) is 0 Å². The second-order valence-electron chi connectivity index (χ2n) is 2.68. The average Bonchev–Trinajstić information content (AvgIpc) is 2.44. The van der Waals surface area contributed by atoms with Gasteiger partial charge in [0.15, 0.2) is 5.76 Å². The van der Waals surface area contributed by atoms with Gasteiger partial charge in [0.05, 0.1) is 6.26 Å². The molecule has 0 amide bonds. The van der Waals surface area contributed by atoms with Gasteiger partial charge < -0.3 is 4.42 Å². The third kappa shape index (κ3) is 4.12. The minimum atomic E-state index is -3.41. The van der Waals surface area contributed by atoms with Crippen LogP contribution in [0, 0.1) is 18.8 Å². The van der Waals surface area contributed by atoms with Gasteiger partial charge in [0.1, 0.15) is 12.4 Å². The zero-order valence-electron chi connectivity index (χ0n) is 7.90. The van der Waals surface area contributed by atoms with Crippen LogP contribution in [0.1, 0.15) is 11.5 Å². The van der Waals surface area contributed by atoms with Gasteiger partial charge in [-0.05, 0) is 25.0 Å². The van der Waals surface area contributed by atoms with Gasteiger partial charge in [-0.1, -0.05) is 5.92 Å². The molecule has 0 aliphatic heterocycles. The van der Waals surface area contributed by atoms with E-state index in [0.29, 0.717) is 5.76 Å². The summed E-state index contributed by atoms with van der Waals surface area (Å²) >= 11 is 0. The molecule has 1 aromatic heterocycles. The Labute approximate surface area is 83.0 Å². The SMILES string of the molecule is Cc1ccc(C#CCOS(C)(=O)=O)o1. The van der Waals surface area contributed by atoms with Gasteiger partial charge in [0.25, 0.3) is 10.1 Å². The number of rotatable bonds is 2. The Morgan fingerprint density at radius 3 is 2.71 bits per heavy atom. The van der Waals surface area contributed by atoms with Crippen LogP contribution in [-0.2, 0) is 14.3 Å². The Morgan fingerprint density at radius 2 is 2.21 bits per heavy atom. The van der Waals surface area contributed by atoms with Gasteiger partial charge in [0, 0.05) is 0 Å². The third-order valence-electron chi connectivity index (χ3n) is 1.30. The summed E-state index contributed by atoms with van der Waals surface area (Å²) in [5, 5.41) is 0. The quantitative estimate of drug-likeness (QED) is 0.542. The lowest BCUT2D eigenvalue weighted by Crippen LogP contribution is -2.02. The van der Waals surface area contributed by atoms with Crippen LogP contribution in [0.25, 0.3) is 0 Å². The van der Waals surface area contributed by atoms with E-state index in [9.17, 15) is 8.42 Å². The first-order valence-corrected chi connectivity index (χ1v) is 5.69. The zero-order valence-corrected chi connectivity index (χ0v) is 8.72. The number of hydrogen-bond donors (Lipinski definition) is 0. The lowest BCUT2D eigenvalue weighted by atomic mass is 10.4. The second kappa shape index (κ2) is 4.31. The predicted molar refractivity (Wildman–Crippen MR) is 51.1 cm³/mol. The van der Waals surface area contributed by atoms with Crippen LogP contribution in [-0.4, -0.2) is 21.3 Å². The van der Waals surface area contributed by atoms with E-state index in [-0.39, 0.29) is 6.61 Å². The number of hydrogen-bond acceptors (Lipinski definition) is 4. The minimum absolute atomic E-state index is 0.154. The van der Waals surface area contributed by atoms with Crippen LogP contribution >= 0.6 is 0 Å². The maximum Gasteiger partial charge on any atom is 0.265 e.